The van der Waals surface area contributed by atoms with Crippen molar-refractivity contribution in [3.63, 3.8) is 0 Å². The van der Waals surface area contributed by atoms with Crippen molar-refractivity contribution in [2.75, 3.05) is 24.6 Å². The van der Waals surface area contributed by atoms with E-state index in [0.717, 1.165) is 48.1 Å². The van der Waals surface area contributed by atoms with Gasteiger partial charge in [0, 0.05) is 24.7 Å². The summed E-state index contributed by atoms with van der Waals surface area (Å²) in [5.74, 6) is -1.27. The Kier molecular flexibility index (Phi) is 9.63. The summed E-state index contributed by atoms with van der Waals surface area (Å²) in [7, 11) is 0. The maximum absolute atomic E-state index is 14.4. The van der Waals surface area contributed by atoms with Gasteiger partial charge in [0.05, 0.1) is 11.5 Å². The molecule has 1 saturated carbocycles. The van der Waals surface area contributed by atoms with E-state index < -0.39 is 17.7 Å². The molecule has 1 aliphatic rings. The van der Waals surface area contributed by atoms with Crippen LogP contribution in [0.4, 0.5) is 9.52 Å². The van der Waals surface area contributed by atoms with Gasteiger partial charge in [-0.2, -0.15) is 0 Å². The van der Waals surface area contributed by atoms with Crippen molar-refractivity contribution in [1.29, 1.82) is 0 Å². The van der Waals surface area contributed by atoms with Gasteiger partial charge in [-0.1, -0.05) is 43.2 Å². The second-order valence-electron chi connectivity index (χ2n) is 9.90. The van der Waals surface area contributed by atoms with Gasteiger partial charge in [-0.25, -0.2) is 4.39 Å². The minimum Gasteiger partial charge on any atom is -0.492 e. The number of aliphatic carboxylic acids is 1. The number of carbonyl (C=O) groups is 2. The number of rotatable bonds is 12. The molecule has 1 aliphatic carbocycles. The van der Waals surface area contributed by atoms with Gasteiger partial charge < -0.3 is 15.2 Å². The van der Waals surface area contributed by atoms with Crippen molar-refractivity contribution in [2.24, 2.45) is 5.92 Å². The smallest absolute Gasteiger partial charge is 0.308 e. The normalized spacial score (nSPS) is 16.8. The highest BCUT2D eigenvalue weighted by molar-refractivity contribution is 7.18. The lowest BCUT2D eigenvalue weighted by atomic mass is 10.0. The third kappa shape index (κ3) is 6.80. The van der Waals surface area contributed by atoms with Crippen LogP contribution in [-0.2, 0) is 4.79 Å². The van der Waals surface area contributed by atoms with Crippen molar-refractivity contribution in [3.8, 4) is 16.3 Å². The molecular weight excluding hydrogens is 519 g/mol. The lowest BCUT2D eigenvalue weighted by Crippen LogP contribution is -2.38. The second-order valence-corrected chi connectivity index (χ2v) is 10.9. The van der Waals surface area contributed by atoms with Crippen LogP contribution in [0.1, 0.15) is 60.5 Å². The minimum absolute atomic E-state index is 0.00979. The highest BCUT2D eigenvalue weighted by Gasteiger charge is 2.32. The van der Waals surface area contributed by atoms with E-state index in [-0.39, 0.29) is 17.5 Å². The highest BCUT2D eigenvalue weighted by atomic mass is 32.1. The summed E-state index contributed by atoms with van der Waals surface area (Å²) in [6.45, 7) is 7.38. The standard InChI is InChI=1S/C29H35FN4O4S/c1-4-5-14-34(27(35)21-9-6-7-11-23(21)30)29-33-32-26(39-29)20-16-18(2)25(19(3)17-20)38-15-13-31-24-12-8-10-22(24)28(36)37/h6-7,9,11,16-17,22,24,31H,4-5,8,10,12-15H2,1-3H3,(H,36,37). The maximum Gasteiger partial charge on any atom is 0.308 e. The van der Waals surface area contributed by atoms with Gasteiger partial charge >= 0.3 is 5.97 Å². The van der Waals surface area contributed by atoms with Crippen molar-refractivity contribution in [1.82, 2.24) is 15.5 Å². The van der Waals surface area contributed by atoms with Gasteiger partial charge in [0.25, 0.3) is 5.91 Å². The van der Waals surface area contributed by atoms with E-state index in [9.17, 15) is 19.1 Å². The topological polar surface area (TPSA) is 105 Å². The molecule has 1 heterocycles. The number of unbranched alkanes of at least 4 members (excludes halogenated alkanes) is 1. The van der Waals surface area contributed by atoms with E-state index in [0.29, 0.717) is 36.3 Å². The molecule has 2 unspecified atom stereocenters. The zero-order valence-corrected chi connectivity index (χ0v) is 23.4. The fourth-order valence-corrected chi connectivity index (χ4v) is 5.88. The molecule has 208 valence electrons. The van der Waals surface area contributed by atoms with Crippen molar-refractivity contribution >= 4 is 28.3 Å². The largest absolute Gasteiger partial charge is 0.492 e. The molecule has 2 atom stereocenters. The van der Waals surface area contributed by atoms with Crippen LogP contribution in [0.3, 0.4) is 0 Å². The summed E-state index contributed by atoms with van der Waals surface area (Å²) in [6.07, 6.45) is 4.15. The van der Waals surface area contributed by atoms with Crippen molar-refractivity contribution in [3.05, 3.63) is 58.9 Å². The first kappa shape index (κ1) is 28.6. The number of amides is 1. The molecule has 10 heteroatoms. The lowest BCUT2D eigenvalue weighted by molar-refractivity contribution is -0.142. The molecule has 4 rings (SSSR count). The zero-order valence-electron chi connectivity index (χ0n) is 22.6. The summed E-state index contributed by atoms with van der Waals surface area (Å²) < 4.78 is 20.4. The van der Waals surface area contributed by atoms with Gasteiger partial charge in [0.15, 0.2) is 0 Å². The average molecular weight is 555 g/mol. The Labute approximate surface area is 232 Å². The Morgan fingerprint density at radius 1 is 1.18 bits per heavy atom. The van der Waals surface area contributed by atoms with Gasteiger partial charge in [0.1, 0.15) is 23.2 Å². The molecule has 39 heavy (non-hydrogen) atoms. The van der Waals surface area contributed by atoms with Crippen molar-refractivity contribution in [2.45, 2.75) is 58.9 Å². The van der Waals surface area contributed by atoms with E-state index >= 15 is 0 Å². The molecule has 2 N–H and O–H groups in total. The van der Waals surface area contributed by atoms with E-state index in [1.807, 2.05) is 32.9 Å². The lowest BCUT2D eigenvalue weighted by Gasteiger charge is -2.19. The Balaban J connectivity index is 1.45. The molecule has 0 aliphatic heterocycles. The predicted octanol–water partition coefficient (Wildman–Crippen LogP) is 5.63. The number of halogens is 1. The third-order valence-corrected chi connectivity index (χ3v) is 8.02. The second kappa shape index (κ2) is 13.1. The molecule has 1 amide bonds. The van der Waals surface area contributed by atoms with Crippen LogP contribution in [0.5, 0.6) is 5.75 Å². The summed E-state index contributed by atoms with van der Waals surface area (Å²) in [5.41, 5.74) is 2.76. The summed E-state index contributed by atoms with van der Waals surface area (Å²) in [4.78, 5) is 26.1. The number of nitrogens with one attached hydrogen (secondary N) is 1. The summed E-state index contributed by atoms with van der Waals surface area (Å²) in [6, 6.07) is 9.92. The van der Waals surface area contributed by atoms with E-state index in [1.165, 1.54) is 28.4 Å². The summed E-state index contributed by atoms with van der Waals surface area (Å²) in [5, 5.41) is 22.4. The first-order valence-electron chi connectivity index (χ1n) is 13.4. The number of hydrogen-bond acceptors (Lipinski definition) is 7. The van der Waals surface area contributed by atoms with Crippen LogP contribution >= 0.6 is 11.3 Å². The van der Waals surface area contributed by atoms with E-state index in [1.54, 1.807) is 12.1 Å². The molecule has 0 radical (unpaired) electrons. The molecule has 0 spiro atoms. The first-order valence-corrected chi connectivity index (χ1v) is 14.2. The monoisotopic (exact) mass is 554 g/mol. The van der Waals surface area contributed by atoms with Crippen LogP contribution in [0.25, 0.3) is 10.6 Å². The Morgan fingerprint density at radius 2 is 1.92 bits per heavy atom. The van der Waals surface area contributed by atoms with Crippen molar-refractivity contribution < 1.29 is 23.8 Å². The van der Waals surface area contributed by atoms with E-state index in [4.69, 9.17) is 4.74 Å². The molecule has 1 aromatic heterocycles. The number of aryl methyl sites for hydroxylation is 2. The Morgan fingerprint density at radius 3 is 2.62 bits per heavy atom. The fraction of sp³-hybridized carbons (Fsp3) is 0.448. The number of carboxylic acids is 1. The predicted molar refractivity (Wildman–Crippen MR) is 150 cm³/mol. The number of aromatic nitrogens is 2. The number of benzene rings is 2. The van der Waals surface area contributed by atoms with Crippen LogP contribution in [-0.4, -0.2) is 52.9 Å². The highest BCUT2D eigenvalue weighted by Crippen LogP contribution is 2.34. The quantitative estimate of drug-likeness (QED) is 0.280. The molecule has 2 aromatic carbocycles. The number of nitrogens with zero attached hydrogens (tertiary/aromatic N) is 3. The molecular formula is C29H35FN4O4S. The fourth-order valence-electron chi connectivity index (χ4n) is 5.02. The average Bonchev–Trinajstić information content (AvgIpc) is 3.58. The number of anilines is 1. The van der Waals surface area contributed by atoms with Gasteiger partial charge in [0.2, 0.25) is 5.13 Å². The number of ether oxygens (including phenoxy) is 1. The minimum atomic E-state index is -0.738. The van der Waals surface area contributed by atoms with Crippen LogP contribution in [0.2, 0.25) is 0 Å². The SMILES string of the molecule is CCCCN(C(=O)c1ccccc1F)c1nnc(-c2cc(C)c(OCCNC3CCCC3C(=O)O)c(C)c2)s1. The summed E-state index contributed by atoms with van der Waals surface area (Å²) >= 11 is 1.30. The van der Waals surface area contributed by atoms with Crippen LogP contribution < -0.4 is 15.0 Å². The Hall–Kier alpha value is -3.37. The van der Waals surface area contributed by atoms with Crippen LogP contribution in [0.15, 0.2) is 36.4 Å². The number of carboxylic acid groups (broad SMARTS) is 1. The third-order valence-electron chi connectivity index (χ3n) is 7.03. The maximum atomic E-state index is 14.4. The molecule has 8 nitrogen and oxygen atoms in total. The van der Waals surface area contributed by atoms with Crippen LogP contribution in [0, 0.1) is 25.6 Å². The molecule has 3 aromatic rings. The molecule has 1 fully saturated rings. The zero-order chi connectivity index (χ0) is 27.9. The first-order chi connectivity index (χ1) is 18.8. The van der Waals surface area contributed by atoms with Gasteiger partial charge in [-0.05, 0) is 68.5 Å². The number of hydrogen-bond donors (Lipinski definition) is 2. The van der Waals surface area contributed by atoms with Gasteiger partial charge in [-0.3, -0.25) is 14.5 Å². The molecule has 0 bridgehead atoms. The van der Waals surface area contributed by atoms with Gasteiger partial charge in [-0.15, -0.1) is 10.2 Å². The molecule has 0 saturated heterocycles. The van der Waals surface area contributed by atoms with E-state index in [2.05, 4.69) is 15.5 Å². The number of carbonyl (C=O) groups excluding carboxylic acids is 1. The Bertz CT molecular complexity index is 1290.